The number of fused-ring (bicyclic) bond motifs is 1. The van der Waals surface area contributed by atoms with Crippen molar-refractivity contribution in [2.75, 3.05) is 13.1 Å². The highest BCUT2D eigenvalue weighted by Gasteiger charge is 2.33. The Bertz CT molecular complexity index is 1590. The van der Waals surface area contributed by atoms with E-state index in [9.17, 15) is 19.2 Å². The molecule has 6 nitrogen and oxygen atoms in total. The molecule has 4 aromatic rings. The molecule has 2 N–H and O–H groups in total. The third-order valence-electron chi connectivity index (χ3n) is 6.82. The van der Waals surface area contributed by atoms with Gasteiger partial charge >= 0.3 is 0 Å². The molecule has 0 spiro atoms. The lowest BCUT2D eigenvalue weighted by Crippen LogP contribution is -2.40. The van der Waals surface area contributed by atoms with Gasteiger partial charge in [-0.25, -0.2) is 4.39 Å². The minimum Gasteiger partial charge on any atom is -0.458 e. The molecule has 1 heterocycles. The molecule has 3 aromatic carbocycles. The van der Waals surface area contributed by atoms with Crippen LogP contribution in [-0.2, 0) is 6.42 Å². The molecule has 1 aromatic heterocycles. The van der Waals surface area contributed by atoms with Gasteiger partial charge in [0.2, 0.25) is 0 Å². The first-order valence-corrected chi connectivity index (χ1v) is 13.0. The molecular formula is C32H32FN3O3. The third-order valence-corrected chi connectivity index (χ3v) is 6.82. The smallest absolute Gasteiger partial charge is 0.254 e. The van der Waals surface area contributed by atoms with Gasteiger partial charge in [-0.15, -0.1) is 0 Å². The summed E-state index contributed by atoms with van der Waals surface area (Å²) < 4.78 is 20.6. The molecule has 0 aliphatic carbocycles. The normalized spacial score (nSPS) is 11.9. The molecule has 0 saturated heterocycles. The second-order valence-electron chi connectivity index (χ2n) is 10.1. The number of hydrogen-bond donors (Lipinski definition) is 1. The molecule has 1 unspecified atom stereocenters. The molecule has 0 saturated carbocycles. The number of rotatable bonds is 9. The Morgan fingerprint density at radius 2 is 1.85 bits per heavy atom. The van der Waals surface area contributed by atoms with E-state index < -0.39 is 11.9 Å². The van der Waals surface area contributed by atoms with Gasteiger partial charge in [-0.2, -0.15) is 5.26 Å². The number of benzene rings is 3. The summed E-state index contributed by atoms with van der Waals surface area (Å²) >= 11 is 0. The summed E-state index contributed by atoms with van der Waals surface area (Å²) in [6.45, 7) is 6.59. The fraction of sp³-hybridized carbons (Fsp3) is 0.281. The van der Waals surface area contributed by atoms with E-state index in [1.54, 1.807) is 35.2 Å². The largest absolute Gasteiger partial charge is 0.458 e. The summed E-state index contributed by atoms with van der Waals surface area (Å²) in [6.07, 6.45) is 0.736. The molecule has 0 aliphatic heterocycles. The zero-order valence-corrected chi connectivity index (χ0v) is 22.4. The standard InChI is InChI=1S/C32H32FN3O3/c1-20(2)29(36(15-5-14-34)32(38)24-10-8-21(3)9-11-24)31-27(17-22-6-4-7-23(16-22)19-35)30(37)26-13-12-25(33)18-28(26)39-31/h4,6-13,16,18,20,29H,5,14-15,17,34H2,1-3H3. The van der Waals surface area contributed by atoms with Crippen molar-refractivity contribution in [2.24, 2.45) is 11.7 Å². The first kappa shape index (κ1) is 27.7. The first-order valence-electron chi connectivity index (χ1n) is 13.0. The average molecular weight is 526 g/mol. The van der Waals surface area contributed by atoms with Gasteiger partial charge in [0.25, 0.3) is 5.91 Å². The SMILES string of the molecule is Cc1ccc(C(=O)N(CCCN)C(c2oc3cc(F)ccc3c(=O)c2Cc2cccc(C#N)c2)C(C)C)cc1. The maximum absolute atomic E-state index is 14.2. The van der Waals surface area contributed by atoms with Crippen LogP contribution < -0.4 is 11.2 Å². The fourth-order valence-electron chi connectivity index (χ4n) is 4.88. The molecule has 39 heavy (non-hydrogen) atoms. The molecule has 0 fully saturated rings. The molecule has 200 valence electrons. The maximum Gasteiger partial charge on any atom is 0.254 e. The van der Waals surface area contributed by atoms with E-state index in [2.05, 4.69) is 6.07 Å². The molecule has 7 heteroatoms. The van der Waals surface area contributed by atoms with Crippen LogP contribution in [0.3, 0.4) is 0 Å². The Morgan fingerprint density at radius 3 is 2.51 bits per heavy atom. The Kier molecular flexibility index (Phi) is 8.58. The molecule has 1 amide bonds. The van der Waals surface area contributed by atoms with E-state index in [1.807, 2.05) is 39.0 Å². The third kappa shape index (κ3) is 6.08. The highest BCUT2D eigenvalue weighted by molar-refractivity contribution is 5.94. The number of nitriles is 1. The van der Waals surface area contributed by atoms with E-state index in [0.717, 1.165) is 11.1 Å². The van der Waals surface area contributed by atoms with Gasteiger partial charge < -0.3 is 15.1 Å². The van der Waals surface area contributed by atoms with Crippen LogP contribution in [0.4, 0.5) is 4.39 Å². The van der Waals surface area contributed by atoms with Crippen LogP contribution in [0.5, 0.6) is 0 Å². The fourth-order valence-corrected chi connectivity index (χ4v) is 4.88. The predicted molar refractivity (Wildman–Crippen MR) is 150 cm³/mol. The van der Waals surface area contributed by atoms with Crippen molar-refractivity contribution < 1.29 is 13.6 Å². The Hall–Kier alpha value is -4.28. The van der Waals surface area contributed by atoms with Gasteiger partial charge in [-0.3, -0.25) is 9.59 Å². The maximum atomic E-state index is 14.2. The summed E-state index contributed by atoms with van der Waals surface area (Å²) in [5, 5.41) is 9.64. The van der Waals surface area contributed by atoms with Gasteiger partial charge in [-0.1, -0.05) is 43.7 Å². The van der Waals surface area contributed by atoms with Crippen molar-refractivity contribution in [3.05, 3.63) is 116 Å². The van der Waals surface area contributed by atoms with Gasteiger partial charge in [0.05, 0.1) is 23.1 Å². The van der Waals surface area contributed by atoms with Crippen LogP contribution in [0.1, 0.15) is 64.7 Å². The van der Waals surface area contributed by atoms with Crippen LogP contribution in [-0.4, -0.2) is 23.9 Å². The van der Waals surface area contributed by atoms with Crippen LogP contribution in [0.15, 0.2) is 75.9 Å². The molecule has 4 rings (SSSR count). The highest BCUT2D eigenvalue weighted by atomic mass is 19.1. The van der Waals surface area contributed by atoms with Crippen molar-refractivity contribution in [2.45, 2.75) is 39.7 Å². The quantitative estimate of drug-likeness (QED) is 0.294. The van der Waals surface area contributed by atoms with Gasteiger partial charge in [0, 0.05) is 30.2 Å². The lowest BCUT2D eigenvalue weighted by molar-refractivity contribution is 0.0587. The van der Waals surface area contributed by atoms with E-state index in [1.165, 1.54) is 18.2 Å². The van der Waals surface area contributed by atoms with Gasteiger partial charge in [0.1, 0.15) is 17.2 Å². The van der Waals surface area contributed by atoms with E-state index >= 15 is 0 Å². The number of nitrogens with zero attached hydrogens (tertiary/aromatic N) is 2. The summed E-state index contributed by atoms with van der Waals surface area (Å²) in [6, 6.07) is 19.7. The average Bonchev–Trinajstić information content (AvgIpc) is 2.92. The molecule has 0 aliphatic rings. The summed E-state index contributed by atoms with van der Waals surface area (Å²) in [5.74, 6) is -0.576. The second kappa shape index (κ2) is 12.1. The number of nitrogens with two attached hydrogens (primary N) is 1. The van der Waals surface area contributed by atoms with Crippen molar-refractivity contribution >= 4 is 16.9 Å². The molecular weight excluding hydrogens is 493 g/mol. The van der Waals surface area contributed by atoms with E-state index in [0.29, 0.717) is 42.0 Å². The number of carbonyl (C=O) groups is 1. The van der Waals surface area contributed by atoms with Gasteiger partial charge in [-0.05, 0) is 67.8 Å². The zero-order valence-electron chi connectivity index (χ0n) is 22.4. The lowest BCUT2D eigenvalue weighted by Gasteiger charge is -2.35. The Balaban J connectivity index is 1.94. The minimum absolute atomic E-state index is 0.122. The Morgan fingerprint density at radius 1 is 1.10 bits per heavy atom. The molecule has 0 bridgehead atoms. The van der Waals surface area contributed by atoms with Crippen molar-refractivity contribution in [3.8, 4) is 6.07 Å². The van der Waals surface area contributed by atoms with Crippen LogP contribution in [0.25, 0.3) is 11.0 Å². The topological polar surface area (TPSA) is 100 Å². The molecule has 0 radical (unpaired) electrons. The summed E-state index contributed by atoms with van der Waals surface area (Å²) in [7, 11) is 0. The van der Waals surface area contributed by atoms with Crippen molar-refractivity contribution in [1.29, 1.82) is 5.26 Å². The van der Waals surface area contributed by atoms with Crippen LogP contribution >= 0.6 is 0 Å². The van der Waals surface area contributed by atoms with E-state index in [4.69, 9.17) is 10.2 Å². The first-order chi connectivity index (χ1) is 18.7. The summed E-state index contributed by atoms with van der Waals surface area (Å²) in [5.41, 5.74) is 8.82. The molecule has 1 atom stereocenters. The number of halogens is 1. The number of amides is 1. The van der Waals surface area contributed by atoms with Crippen molar-refractivity contribution in [3.63, 3.8) is 0 Å². The van der Waals surface area contributed by atoms with Gasteiger partial charge in [0.15, 0.2) is 5.43 Å². The van der Waals surface area contributed by atoms with Crippen LogP contribution in [0.2, 0.25) is 0 Å². The Labute approximate surface area is 227 Å². The predicted octanol–water partition coefficient (Wildman–Crippen LogP) is 5.89. The minimum atomic E-state index is -0.625. The lowest BCUT2D eigenvalue weighted by atomic mass is 9.91. The number of carbonyl (C=O) groups excluding carboxylic acids is 1. The summed E-state index contributed by atoms with van der Waals surface area (Å²) in [4.78, 5) is 29.5. The zero-order chi connectivity index (χ0) is 28.1. The number of aryl methyl sites for hydroxylation is 1. The highest BCUT2D eigenvalue weighted by Crippen LogP contribution is 2.34. The monoisotopic (exact) mass is 525 g/mol. The van der Waals surface area contributed by atoms with E-state index in [-0.39, 0.29) is 34.6 Å². The van der Waals surface area contributed by atoms with Crippen molar-refractivity contribution in [1.82, 2.24) is 4.90 Å². The number of hydrogen-bond acceptors (Lipinski definition) is 5. The second-order valence-corrected chi connectivity index (χ2v) is 10.1. The van der Waals surface area contributed by atoms with Crippen LogP contribution in [0, 0.1) is 30.0 Å².